The Morgan fingerprint density at radius 3 is 2.67 bits per heavy atom. The van der Waals surface area contributed by atoms with Crippen LogP contribution in [0.15, 0.2) is 0 Å². The van der Waals surface area contributed by atoms with Gasteiger partial charge >= 0.3 is 12.1 Å². The molecule has 5 nitrogen and oxygen atoms in total. The monoisotopic (exact) mass is 129 g/mol. The number of rotatable bonds is 0. The standard InChI is InChI=1S/C4H7N3O2/c1-7-2-5-3(8)6-4(7)9/h2H2,1H3,(H2,5,6,8,9). The van der Waals surface area contributed by atoms with Crippen molar-refractivity contribution < 1.29 is 9.59 Å². The first-order valence-corrected chi connectivity index (χ1v) is 2.50. The van der Waals surface area contributed by atoms with Gasteiger partial charge in [0.1, 0.15) is 0 Å². The summed E-state index contributed by atoms with van der Waals surface area (Å²) in [4.78, 5) is 22.3. The smallest absolute Gasteiger partial charge is 0.320 e. The summed E-state index contributed by atoms with van der Waals surface area (Å²) < 4.78 is 0. The highest BCUT2D eigenvalue weighted by molar-refractivity contribution is 5.95. The minimum absolute atomic E-state index is 0.282. The third kappa shape index (κ3) is 1.10. The van der Waals surface area contributed by atoms with Crippen LogP contribution in [0.3, 0.4) is 0 Å². The fourth-order valence-electron chi connectivity index (χ4n) is 0.499. The van der Waals surface area contributed by atoms with Gasteiger partial charge < -0.3 is 10.2 Å². The zero-order valence-electron chi connectivity index (χ0n) is 4.97. The second-order valence-electron chi connectivity index (χ2n) is 1.79. The van der Waals surface area contributed by atoms with E-state index >= 15 is 0 Å². The maximum atomic E-state index is 10.6. The number of amides is 4. The number of imide groups is 1. The molecule has 1 aliphatic rings. The van der Waals surface area contributed by atoms with Crippen LogP contribution in [-0.4, -0.2) is 30.7 Å². The summed E-state index contributed by atoms with van der Waals surface area (Å²) >= 11 is 0. The summed E-state index contributed by atoms with van der Waals surface area (Å²) in [6.45, 7) is 0.282. The maximum Gasteiger partial charge on any atom is 0.326 e. The second-order valence-corrected chi connectivity index (χ2v) is 1.79. The molecule has 0 saturated carbocycles. The molecule has 0 unspecified atom stereocenters. The molecule has 0 aromatic rings. The average molecular weight is 129 g/mol. The number of nitrogens with zero attached hydrogens (tertiary/aromatic N) is 1. The van der Waals surface area contributed by atoms with Crippen molar-refractivity contribution in [1.82, 2.24) is 15.5 Å². The molecule has 1 heterocycles. The van der Waals surface area contributed by atoms with Crippen LogP contribution in [0.1, 0.15) is 0 Å². The van der Waals surface area contributed by atoms with Gasteiger partial charge in [-0.1, -0.05) is 0 Å². The molecular formula is C4H7N3O2. The van der Waals surface area contributed by atoms with Crippen LogP contribution in [0.4, 0.5) is 9.59 Å². The van der Waals surface area contributed by atoms with Crippen molar-refractivity contribution in [2.75, 3.05) is 13.7 Å². The first-order chi connectivity index (χ1) is 4.20. The zero-order valence-corrected chi connectivity index (χ0v) is 4.97. The van der Waals surface area contributed by atoms with Crippen LogP contribution in [-0.2, 0) is 0 Å². The molecule has 0 aliphatic carbocycles. The summed E-state index contributed by atoms with van der Waals surface area (Å²) in [6.07, 6.45) is 0. The summed E-state index contributed by atoms with van der Waals surface area (Å²) in [5, 5.41) is 4.48. The molecule has 1 aliphatic heterocycles. The Morgan fingerprint density at radius 1 is 1.56 bits per heavy atom. The Labute approximate surface area is 52.0 Å². The van der Waals surface area contributed by atoms with Gasteiger partial charge in [-0.05, 0) is 0 Å². The Hall–Kier alpha value is -1.26. The Balaban J connectivity index is 2.54. The van der Waals surface area contributed by atoms with E-state index in [1.165, 1.54) is 4.90 Å². The highest BCUT2D eigenvalue weighted by Crippen LogP contribution is 1.85. The van der Waals surface area contributed by atoms with Gasteiger partial charge in [0, 0.05) is 7.05 Å². The molecule has 2 N–H and O–H groups in total. The van der Waals surface area contributed by atoms with Gasteiger partial charge in [0.2, 0.25) is 0 Å². The minimum Gasteiger partial charge on any atom is -0.320 e. The van der Waals surface area contributed by atoms with E-state index in [9.17, 15) is 9.59 Å². The molecular weight excluding hydrogens is 122 g/mol. The van der Waals surface area contributed by atoms with Crippen molar-refractivity contribution in [2.45, 2.75) is 0 Å². The molecule has 0 bridgehead atoms. The van der Waals surface area contributed by atoms with Gasteiger partial charge in [0.05, 0.1) is 6.67 Å². The first kappa shape index (κ1) is 5.87. The predicted octanol–water partition coefficient (Wildman–Crippen LogP) is -0.692. The fraction of sp³-hybridized carbons (Fsp3) is 0.500. The van der Waals surface area contributed by atoms with Gasteiger partial charge in [-0.25, -0.2) is 9.59 Å². The van der Waals surface area contributed by atoms with Crippen LogP contribution in [0.2, 0.25) is 0 Å². The maximum absolute atomic E-state index is 10.6. The number of urea groups is 2. The SMILES string of the molecule is CN1CNC(=O)NC1=O. The van der Waals surface area contributed by atoms with Gasteiger partial charge in [-0.15, -0.1) is 0 Å². The lowest BCUT2D eigenvalue weighted by Crippen LogP contribution is -2.55. The molecule has 1 fully saturated rings. The van der Waals surface area contributed by atoms with Crippen molar-refractivity contribution in [1.29, 1.82) is 0 Å². The topological polar surface area (TPSA) is 61.4 Å². The molecule has 0 aromatic heterocycles. The van der Waals surface area contributed by atoms with Crippen molar-refractivity contribution in [3.8, 4) is 0 Å². The number of nitrogens with one attached hydrogen (secondary N) is 2. The van der Waals surface area contributed by atoms with E-state index in [0.29, 0.717) is 0 Å². The Bertz CT molecular complexity index is 156. The predicted molar refractivity (Wildman–Crippen MR) is 29.7 cm³/mol. The number of hydrogen-bond acceptors (Lipinski definition) is 2. The van der Waals surface area contributed by atoms with E-state index in [1.54, 1.807) is 7.05 Å². The molecule has 4 amide bonds. The van der Waals surface area contributed by atoms with Gasteiger partial charge in [0.15, 0.2) is 0 Å². The van der Waals surface area contributed by atoms with E-state index in [4.69, 9.17) is 0 Å². The summed E-state index contributed by atoms with van der Waals surface area (Å²) in [7, 11) is 1.59. The average Bonchev–Trinajstić information content (AvgIpc) is 1.80. The molecule has 0 atom stereocenters. The lowest BCUT2D eigenvalue weighted by molar-refractivity contribution is 0.187. The highest BCUT2D eigenvalue weighted by atomic mass is 16.2. The molecule has 0 spiro atoms. The number of carbonyl (C=O) groups is 2. The molecule has 9 heavy (non-hydrogen) atoms. The van der Waals surface area contributed by atoms with Crippen molar-refractivity contribution in [2.24, 2.45) is 0 Å². The molecule has 1 rings (SSSR count). The van der Waals surface area contributed by atoms with Gasteiger partial charge in [-0.3, -0.25) is 5.32 Å². The summed E-state index contributed by atoms with van der Waals surface area (Å²) in [6, 6.07) is -0.795. The van der Waals surface area contributed by atoms with Crippen LogP contribution < -0.4 is 10.6 Å². The van der Waals surface area contributed by atoms with Crippen molar-refractivity contribution in [3.05, 3.63) is 0 Å². The Morgan fingerprint density at radius 2 is 2.22 bits per heavy atom. The third-order valence-electron chi connectivity index (χ3n) is 1.04. The number of carbonyl (C=O) groups excluding carboxylic acids is 2. The molecule has 0 radical (unpaired) electrons. The summed E-state index contributed by atoms with van der Waals surface area (Å²) in [5.41, 5.74) is 0. The van der Waals surface area contributed by atoms with E-state index in [0.717, 1.165) is 0 Å². The quantitative estimate of drug-likeness (QED) is 0.454. The molecule has 0 aromatic carbocycles. The summed E-state index contributed by atoms with van der Waals surface area (Å²) in [5.74, 6) is 0. The Kier molecular flexibility index (Phi) is 1.26. The highest BCUT2D eigenvalue weighted by Gasteiger charge is 2.17. The second kappa shape index (κ2) is 1.93. The molecule has 50 valence electrons. The van der Waals surface area contributed by atoms with Gasteiger partial charge in [0.25, 0.3) is 0 Å². The van der Waals surface area contributed by atoms with Crippen molar-refractivity contribution in [3.63, 3.8) is 0 Å². The van der Waals surface area contributed by atoms with Crippen LogP contribution in [0.5, 0.6) is 0 Å². The van der Waals surface area contributed by atoms with Gasteiger partial charge in [-0.2, -0.15) is 0 Å². The van der Waals surface area contributed by atoms with Crippen LogP contribution >= 0.6 is 0 Å². The van der Waals surface area contributed by atoms with Crippen LogP contribution in [0.25, 0.3) is 0 Å². The van der Waals surface area contributed by atoms with E-state index in [1.807, 2.05) is 0 Å². The minimum atomic E-state index is -0.432. The zero-order chi connectivity index (χ0) is 6.85. The largest absolute Gasteiger partial charge is 0.326 e. The normalized spacial score (nSPS) is 19.0. The van der Waals surface area contributed by atoms with Crippen molar-refractivity contribution >= 4 is 12.1 Å². The third-order valence-corrected chi connectivity index (χ3v) is 1.04. The van der Waals surface area contributed by atoms with E-state index in [-0.39, 0.29) is 12.7 Å². The lowest BCUT2D eigenvalue weighted by Gasteiger charge is -2.22. The fourth-order valence-corrected chi connectivity index (χ4v) is 0.499. The first-order valence-electron chi connectivity index (χ1n) is 2.50. The molecule has 1 saturated heterocycles. The van der Waals surface area contributed by atoms with E-state index in [2.05, 4.69) is 10.6 Å². The van der Waals surface area contributed by atoms with E-state index < -0.39 is 6.03 Å². The number of hydrogen-bond donors (Lipinski definition) is 2. The lowest BCUT2D eigenvalue weighted by atomic mass is 10.6. The molecule has 5 heteroatoms. The van der Waals surface area contributed by atoms with Crippen LogP contribution in [0, 0.1) is 0 Å².